The second-order valence-electron chi connectivity index (χ2n) is 3.10. The summed E-state index contributed by atoms with van der Waals surface area (Å²) in [5.41, 5.74) is 0.777. The average molecular weight is 250 g/mol. The van der Waals surface area contributed by atoms with Crippen molar-refractivity contribution in [3.05, 3.63) is 41.4 Å². The van der Waals surface area contributed by atoms with Crippen molar-refractivity contribution in [1.82, 2.24) is 0 Å². The summed E-state index contributed by atoms with van der Waals surface area (Å²) < 4.78 is 10.6. The van der Waals surface area contributed by atoms with Crippen LogP contribution in [0.4, 0.5) is 0 Å². The molecule has 0 amide bonds. The van der Waals surface area contributed by atoms with Gasteiger partial charge in [-0.05, 0) is 23.8 Å². The lowest BCUT2D eigenvalue weighted by Crippen LogP contribution is -1.97. The van der Waals surface area contributed by atoms with Crippen LogP contribution in [0.1, 0.15) is 5.56 Å². The minimum absolute atomic E-state index is 0.351. The molecular formula is C13H12ClNO2. The number of allylic oxidation sites excluding steroid dienone is 1. The second-order valence-corrected chi connectivity index (χ2v) is 3.50. The highest BCUT2D eigenvalue weighted by atomic mass is 35.5. The van der Waals surface area contributed by atoms with Gasteiger partial charge in [-0.2, -0.15) is 5.26 Å². The summed E-state index contributed by atoms with van der Waals surface area (Å²) in [6, 6.07) is 5.37. The van der Waals surface area contributed by atoms with E-state index in [1.54, 1.807) is 24.3 Å². The van der Waals surface area contributed by atoms with Gasteiger partial charge in [0.15, 0.2) is 11.5 Å². The van der Waals surface area contributed by atoms with Gasteiger partial charge >= 0.3 is 0 Å². The van der Waals surface area contributed by atoms with Crippen LogP contribution < -0.4 is 9.47 Å². The highest BCUT2D eigenvalue weighted by Gasteiger charge is 2.10. The Labute approximate surface area is 106 Å². The molecule has 0 aliphatic carbocycles. The van der Waals surface area contributed by atoms with Crippen LogP contribution >= 0.6 is 11.6 Å². The Morgan fingerprint density at radius 2 is 2.29 bits per heavy atom. The fourth-order valence-electron chi connectivity index (χ4n) is 1.25. The summed E-state index contributed by atoms with van der Waals surface area (Å²) in [6.07, 6.45) is 4.64. The van der Waals surface area contributed by atoms with Crippen molar-refractivity contribution >= 4 is 17.7 Å². The molecule has 3 nitrogen and oxygen atoms in total. The second kappa shape index (κ2) is 6.62. The molecule has 0 bridgehead atoms. The molecule has 4 heteroatoms. The van der Waals surface area contributed by atoms with E-state index in [2.05, 4.69) is 6.58 Å². The van der Waals surface area contributed by atoms with E-state index >= 15 is 0 Å². The highest BCUT2D eigenvalue weighted by molar-refractivity contribution is 6.32. The van der Waals surface area contributed by atoms with E-state index in [9.17, 15) is 0 Å². The Morgan fingerprint density at radius 3 is 2.88 bits per heavy atom. The largest absolute Gasteiger partial charge is 0.493 e. The van der Waals surface area contributed by atoms with Crippen LogP contribution in [-0.2, 0) is 0 Å². The Balaban J connectivity index is 3.11. The molecule has 0 spiro atoms. The number of rotatable bonds is 5. The Hall–Kier alpha value is -1.92. The smallest absolute Gasteiger partial charge is 0.180 e. The number of nitriles is 1. The van der Waals surface area contributed by atoms with Crippen LogP contribution in [0.2, 0.25) is 5.02 Å². The van der Waals surface area contributed by atoms with Gasteiger partial charge in [-0.3, -0.25) is 0 Å². The first kappa shape index (κ1) is 13.1. The SMILES string of the molecule is C=CCOc1c(Cl)cc(/C=C/C#N)cc1OC. The van der Waals surface area contributed by atoms with E-state index in [0.717, 1.165) is 5.56 Å². The first-order chi connectivity index (χ1) is 8.22. The van der Waals surface area contributed by atoms with Gasteiger partial charge in [0, 0.05) is 6.08 Å². The average Bonchev–Trinajstić information content (AvgIpc) is 2.34. The van der Waals surface area contributed by atoms with Crippen LogP contribution in [0.3, 0.4) is 0 Å². The number of nitrogens with zero attached hydrogens (tertiary/aromatic N) is 1. The zero-order chi connectivity index (χ0) is 12.7. The summed E-state index contributed by atoms with van der Waals surface area (Å²) in [6.45, 7) is 3.91. The molecule has 0 atom stereocenters. The van der Waals surface area contributed by atoms with Gasteiger partial charge in [-0.1, -0.05) is 24.3 Å². The zero-order valence-electron chi connectivity index (χ0n) is 9.44. The molecule has 0 saturated carbocycles. The van der Waals surface area contributed by atoms with Gasteiger partial charge in [-0.15, -0.1) is 0 Å². The van der Waals surface area contributed by atoms with Gasteiger partial charge in [0.05, 0.1) is 18.2 Å². The van der Waals surface area contributed by atoms with Crippen molar-refractivity contribution in [3.8, 4) is 17.6 Å². The van der Waals surface area contributed by atoms with Gasteiger partial charge in [0.25, 0.3) is 0 Å². The molecule has 0 unspecified atom stereocenters. The lowest BCUT2D eigenvalue weighted by Gasteiger charge is -2.11. The van der Waals surface area contributed by atoms with Crippen molar-refractivity contribution in [3.63, 3.8) is 0 Å². The topological polar surface area (TPSA) is 42.2 Å². The normalized spacial score (nSPS) is 9.94. The highest BCUT2D eigenvalue weighted by Crippen LogP contribution is 2.36. The van der Waals surface area contributed by atoms with Crippen LogP contribution in [0.25, 0.3) is 6.08 Å². The fraction of sp³-hybridized carbons (Fsp3) is 0.154. The molecule has 1 aromatic carbocycles. The molecule has 0 saturated heterocycles. The minimum Gasteiger partial charge on any atom is -0.493 e. The van der Waals surface area contributed by atoms with E-state index in [1.807, 2.05) is 6.07 Å². The zero-order valence-corrected chi connectivity index (χ0v) is 10.2. The first-order valence-electron chi connectivity index (χ1n) is 4.90. The van der Waals surface area contributed by atoms with E-state index in [0.29, 0.717) is 23.1 Å². The maximum atomic E-state index is 8.46. The molecule has 88 valence electrons. The van der Waals surface area contributed by atoms with Crippen molar-refractivity contribution in [2.75, 3.05) is 13.7 Å². The van der Waals surface area contributed by atoms with Crippen molar-refractivity contribution in [2.24, 2.45) is 0 Å². The van der Waals surface area contributed by atoms with Crippen LogP contribution in [0.15, 0.2) is 30.9 Å². The van der Waals surface area contributed by atoms with Crippen LogP contribution in [-0.4, -0.2) is 13.7 Å². The van der Waals surface area contributed by atoms with Crippen molar-refractivity contribution < 1.29 is 9.47 Å². The van der Waals surface area contributed by atoms with Gasteiger partial charge in [-0.25, -0.2) is 0 Å². The number of ether oxygens (including phenoxy) is 2. The van der Waals surface area contributed by atoms with E-state index < -0.39 is 0 Å². The summed E-state index contributed by atoms with van der Waals surface area (Å²) in [5, 5.41) is 8.89. The molecule has 0 heterocycles. The molecule has 0 aliphatic rings. The molecule has 17 heavy (non-hydrogen) atoms. The monoisotopic (exact) mass is 249 g/mol. The predicted octanol–water partition coefficient (Wildman–Crippen LogP) is 3.45. The molecule has 0 radical (unpaired) electrons. The lowest BCUT2D eigenvalue weighted by molar-refractivity contribution is 0.326. The molecule has 0 aromatic heterocycles. The molecule has 0 fully saturated rings. The number of methoxy groups -OCH3 is 1. The van der Waals surface area contributed by atoms with E-state index in [4.69, 9.17) is 26.3 Å². The van der Waals surface area contributed by atoms with Crippen LogP contribution in [0, 0.1) is 11.3 Å². The molecule has 1 rings (SSSR count). The third-order valence-electron chi connectivity index (χ3n) is 1.95. The van der Waals surface area contributed by atoms with Gasteiger partial charge in [0.1, 0.15) is 6.61 Å². The summed E-state index contributed by atoms with van der Waals surface area (Å²) in [4.78, 5) is 0. The summed E-state index contributed by atoms with van der Waals surface area (Å²) in [5.74, 6) is 1.00. The van der Waals surface area contributed by atoms with Crippen molar-refractivity contribution in [1.29, 1.82) is 5.26 Å². The lowest BCUT2D eigenvalue weighted by atomic mass is 10.2. The maximum absolute atomic E-state index is 8.46. The van der Waals surface area contributed by atoms with E-state index in [-0.39, 0.29) is 0 Å². The quantitative estimate of drug-likeness (QED) is 0.593. The maximum Gasteiger partial charge on any atom is 0.180 e. The first-order valence-corrected chi connectivity index (χ1v) is 5.28. The Kier molecular flexibility index (Phi) is 5.12. The third-order valence-corrected chi connectivity index (χ3v) is 2.23. The molecule has 1 aromatic rings. The van der Waals surface area contributed by atoms with Crippen molar-refractivity contribution in [2.45, 2.75) is 0 Å². The summed E-state index contributed by atoms with van der Waals surface area (Å²) >= 11 is 6.07. The standard InChI is InChI=1S/C13H12ClNO2/c1-3-7-17-13-11(14)8-10(5-4-6-15)9-12(13)16-2/h3-5,8-9H,1,7H2,2H3/b5-4+. The number of halogens is 1. The Morgan fingerprint density at radius 1 is 1.53 bits per heavy atom. The number of hydrogen-bond donors (Lipinski definition) is 0. The van der Waals surface area contributed by atoms with Crippen LogP contribution in [0.5, 0.6) is 11.5 Å². The number of benzene rings is 1. The minimum atomic E-state index is 0.351. The number of hydrogen-bond acceptors (Lipinski definition) is 3. The molecular weight excluding hydrogens is 238 g/mol. The summed E-state index contributed by atoms with van der Waals surface area (Å²) in [7, 11) is 1.53. The molecule has 0 N–H and O–H groups in total. The third kappa shape index (κ3) is 3.54. The predicted molar refractivity (Wildman–Crippen MR) is 68.3 cm³/mol. The van der Waals surface area contributed by atoms with Gasteiger partial charge in [0.2, 0.25) is 0 Å². The van der Waals surface area contributed by atoms with Gasteiger partial charge < -0.3 is 9.47 Å². The molecule has 0 aliphatic heterocycles. The fourth-order valence-corrected chi connectivity index (χ4v) is 1.53. The van der Waals surface area contributed by atoms with E-state index in [1.165, 1.54) is 13.2 Å². The Bertz CT molecular complexity index is 475.